The summed E-state index contributed by atoms with van der Waals surface area (Å²) >= 11 is 0. The van der Waals surface area contributed by atoms with E-state index >= 15 is 0 Å². The van der Waals surface area contributed by atoms with Gasteiger partial charge in [0, 0.05) is 19.2 Å². The lowest BCUT2D eigenvalue weighted by Crippen LogP contribution is -2.48. The fourth-order valence-corrected chi connectivity index (χ4v) is 4.12. The van der Waals surface area contributed by atoms with Crippen LogP contribution in [0, 0.1) is 11.8 Å². The van der Waals surface area contributed by atoms with Crippen molar-refractivity contribution >= 4 is 11.8 Å². The zero-order chi connectivity index (χ0) is 14.4. The Labute approximate surface area is 125 Å². The van der Waals surface area contributed by atoms with Crippen LogP contribution in [0.25, 0.3) is 11.8 Å². The molecule has 1 aliphatic heterocycles. The minimum Gasteiger partial charge on any atom is -0.497 e. The highest BCUT2D eigenvalue weighted by Crippen LogP contribution is 2.42. The Bertz CT molecular complexity index is 743. The predicted molar refractivity (Wildman–Crippen MR) is 85.6 cm³/mol. The standard InChI is InChI=1S/C19H21NO/c1-20-12-14-5-3-4-6-16(14)19-17-11-15(21-2)9-7-13(17)8-10-18(19)20/h3-7,9,11-13,17-18H,8,10H2,1-2H3. The van der Waals surface area contributed by atoms with E-state index in [0.29, 0.717) is 17.9 Å². The Morgan fingerprint density at radius 3 is 2.90 bits per heavy atom. The number of hydrogen-bond acceptors (Lipinski definition) is 2. The number of allylic oxidation sites excluding steroid dienone is 3. The summed E-state index contributed by atoms with van der Waals surface area (Å²) in [6, 6.07) is 9.31. The lowest BCUT2D eigenvalue weighted by atomic mass is 9.69. The molecule has 0 radical (unpaired) electrons. The molecule has 21 heavy (non-hydrogen) atoms. The molecule has 3 unspecified atom stereocenters. The first-order valence-electron chi connectivity index (χ1n) is 7.75. The number of ether oxygens (including phenoxy) is 1. The van der Waals surface area contributed by atoms with E-state index in [-0.39, 0.29) is 0 Å². The molecule has 0 aromatic heterocycles. The highest BCUT2D eigenvalue weighted by Gasteiger charge is 2.37. The topological polar surface area (TPSA) is 12.5 Å². The van der Waals surface area contributed by atoms with Crippen LogP contribution in [0.5, 0.6) is 0 Å². The molecule has 1 heterocycles. The Morgan fingerprint density at radius 1 is 1.19 bits per heavy atom. The molecule has 2 heteroatoms. The monoisotopic (exact) mass is 279 g/mol. The second-order valence-electron chi connectivity index (χ2n) is 6.25. The van der Waals surface area contributed by atoms with Gasteiger partial charge in [0.2, 0.25) is 0 Å². The van der Waals surface area contributed by atoms with Crippen molar-refractivity contribution in [3.63, 3.8) is 0 Å². The van der Waals surface area contributed by atoms with Gasteiger partial charge >= 0.3 is 0 Å². The van der Waals surface area contributed by atoms with Crippen molar-refractivity contribution in [3.05, 3.63) is 58.7 Å². The SMILES string of the molecule is COC1=CC2C3=c4ccccc4=CN(C)C3CCC2C=C1. The van der Waals surface area contributed by atoms with Gasteiger partial charge in [0.25, 0.3) is 0 Å². The van der Waals surface area contributed by atoms with Gasteiger partial charge in [0.05, 0.1) is 13.2 Å². The summed E-state index contributed by atoms with van der Waals surface area (Å²) in [5.74, 6) is 2.09. The highest BCUT2D eigenvalue weighted by molar-refractivity contribution is 5.62. The molecule has 0 saturated heterocycles. The van der Waals surface area contributed by atoms with E-state index in [1.54, 1.807) is 12.7 Å². The molecule has 0 spiro atoms. The van der Waals surface area contributed by atoms with E-state index in [4.69, 9.17) is 4.74 Å². The molecule has 0 amide bonds. The predicted octanol–water partition coefficient (Wildman–Crippen LogP) is 2.02. The van der Waals surface area contributed by atoms with Crippen LogP contribution < -0.4 is 10.4 Å². The van der Waals surface area contributed by atoms with Crippen LogP contribution in [0.15, 0.2) is 48.3 Å². The lowest BCUT2D eigenvalue weighted by molar-refractivity contribution is 0.279. The van der Waals surface area contributed by atoms with Crippen molar-refractivity contribution in [2.24, 2.45) is 11.8 Å². The smallest absolute Gasteiger partial charge is 0.115 e. The van der Waals surface area contributed by atoms with Crippen molar-refractivity contribution in [2.45, 2.75) is 18.9 Å². The fraction of sp³-hybridized carbons (Fsp3) is 0.368. The summed E-state index contributed by atoms with van der Waals surface area (Å²) in [6.45, 7) is 0. The molecule has 3 atom stereocenters. The molecule has 1 aromatic rings. The third kappa shape index (κ3) is 1.93. The van der Waals surface area contributed by atoms with Gasteiger partial charge in [-0.2, -0.15) is 0 Å². The van der Waals surface area contributed by atoms with E-state index < -0.39 is 0 Å². The van der Waals surface area contributed by atoms with Gasteiger partial charge in [-0.1, -0.05) is 30.3 Å². The number of rotatable bonds is 1. The highest BCUT2D eigenvalue weighted by atomic mass is 16.5. The van der Waals surface area contributed by atoms with Gasteiger partial charge in [-0.25, -0.2) is 0 Å². The molecule has 1 saturated carbocycles. The van der Waals surface area contributed by atoms with Gasteiger partial charge in [0.1, 0.15) is 5.76 Å². The first-order chi connectivity index (χ1) is 10.3. The third-order valence-corrected chi connectivity index (χ3v) is 5.15. The average molecular weight is 279 g/mol. The largest absolute Gasteiger partial charge is 0.497 e. The molecule has 2 nitrogen and oxygen atoms in total. The summed E-state index contributed by atoms with van der Waals surface area (Å²) in [5, 5.41) is 2.77. The maximum absolute atomic E-state index is 5.47. The minimum atomic E-state index is 0.473. The number of nitrogens with zero attached hydrogens (tertiary/aromatic N) is 1. The summed E-state index contributed by atoms with van der Waals surface area (Å²) < 4.78 is 5.47. The van der Waals surface area contributed by atoms with Crippen LogP contribution in [0.3, 0.4) is 0 Å². The second-order valence-corrected chi connectivity index (χ2v) is 6.25. The van der Waals surface area contributed by atoms with E-state index in [9.17, 15) is 0 Å². The van der Waals surface area contributed by atoms with E-state index in [0.717, 1.165) is 5.76 Å². The first kappa shape index (κ1) is 12.8. The van der Waals surface area contributed by atoms with E-state index in [1.165, 1.54) is 23.3 Å². The van der Waals surface area contributed by atoms with Gasteiger partial charge in [0.15, 0.2) is 0 Å². The second kappa shape index (κ2) is 4.80. The number of fused-ring (bicyclic) bond motifs is 4. The first-order valence-corrected chi connectivity index (χ1v) is 7.75. The van der Waals surface area contributed by atoms with E-state index in [2.05, 4.69) is 60.6 Å². The van der Waals surface area contributed by atoms with Crippen molar-refractivity contribution in [1.29, 1.82) is 0 Å². The molecular formula is C19H21NO. The minimum absolute atomic E-state index is 0.473. The summed E-state index contributed by atoms with van der Waals surface area (Å²) in [6.07, 6.45) is 11.6. The Hall–Kier alpha value is -1.96. The van der Waals surface area contributed by atoms with Crippen molar-refractivity contribution in [1.82, 2.24) is 4.90 Å². The quantitative estimate of drug-likeness (QED) is 0.780. The van der Waals surface area contributed by atoms with Gasteiger partial charge in [-0.3, -0.25) is 0 Å². The Balaban J connectivity index is 1.96. The average Bonchev–Trinajstić information content (AvgIpc) is 2.54. The van der Waals surface area contributed by atoms with Crippen LogP contribution in [-0.2, 0) is 4.74 Å². The number of methoxy groups -OCH3 is 1. The van der Waals surface area contributed by atoms with Crippen molar-refractivity contribution in [3.8, 4) is 0 Å². The summed E-state index contributed by atoms with van der Waals surface area (Å²) in [4.78, 5) is 2.40. The molecular weight excluding hydrogens is 258 g/mol. The van der Waals surface area contributed by atoms with Crippen LogP contribution in [0.1, 0.15) is 12.8 Å². The van der Waals surface area contributed by atoms with E-state index in [1.807, 2.05) is 0 Å². The molecule has 0 bridgehead atoms. The molecule has 108 valence electrons. The van der Waals surface area contributed by atoms with Crippen LogP contribution in [0.2, 0.25) is 0 Å². The zero-order valence-corrected chi connectivity index (χ0v) is 12.6. The molecule has 2 aliphatic carbocycles. The normalized spacial score (nSPS) is 29.8. The lowest BCUT2D eigenvalue weighted by Gasteiger charge is -2.43. The molecule has 3 aliphatic rings. The maximum atomic E-state index is 5.47. The maximum Gasteiger partial charge on any atom is 0.115 e. The molecule has 1 fully saturated rings. The Kier molecular flexibility index (Phi) is 2.91. The van der Waals surface area contributed by atoms with Crippen LogP contribution in [-0.4, -0.2) is 25.1 Å². The molecule has 1 aromatic carbocycles. The fourth-order valence-electron chi connectivity index (χ4n) is 4.12. The third-order valence-electron chi connectivity index (χ3n) is 5.15. The number of hydrogen-bond donors (Lipinski definition) is 0. The molecule has 0 N–H and O–H groups in total. The molecule has 4 rings (SSSR count). The van der Waals surface area contributed by atoms with Gasteiger partial charge in [-0.05, 0) is 46.9 Å². The summed E-state index contributed by atoms with van der Waals surface area (Å²) in [5.41, 5.74) is 1.57. The zero-order valence-electron chi connectivity index (χ0n) is 12.6. The number of benzene rings is 1. The van der Waals surface area contributed by atoms with Crippen LogP contribution >= 0.6 is 0 Å². The van der Waals surface area contributed by atoms with Crippen molar-refractivity contribution in [2.75, 3.05) is 14.2 Å². The van der Waals surface area contributed by atoms with Gasteiger partial charge < -0.3 is 9.64 Å². The Morgan fingerprint density at radius 2 is 2.05 bits per heavy atom. The summed E-state index contributed by atoms with van der Waals surface area (Å²) in [7, 11) is 3.97. The van der Waals surface area contributed by atoms with Gasteiger partial charge in [-0.15, -0.1) is 0 Å². The van der Waals surface area contributed by atoms with Crippen molar-refractivity contribution < 1.29 is 4.74 Å². The van der Waals surface area contributed by atoms with Crippen LogP contribution in [0.4, 0.5) is 0 Å².